The molecule has 1 atom stereocenters. The lowest BCUT2D eigenvalue weighted by Crippen LogP contribution is -2.46. The molecule has 0 radical (unpaired) electrons. The van der Waals surface area contributed by atoms with Gasteiger partial charge in [-0.25, -0.2) is 4.79 Å². The minimum atomic E-state index is -0.308. The van der Waals surface area contributed by atoms with Crippen molar-refractivity contribution in [3.8, 4) is 11.5 Å². The average molecular weight is 536 g/mol. The predicted molar refractivity (Wildman–Crippen MR) is 147 cm³/mol. The number of thiophene rings is 1. The minimum absolute atomic E-state index is 0.0470. The lowest BCUT2D eigenvalue weighted by Gasteiger charge is -2.29. The van der Waals surface area contributed by atoms with Crippen LogP contribution >= 0.6 is 11.3 Å². The smallest absolute Gasteiger partial charge is 0.322 e. The van der Waals surface area contributed by atoms with Crippen LogP contribution in [0.15, 0.2) is 60.0 Å². The van der Waals surface area contributed by atoms with Crippen LogP contribution in [-0.4, -0.2) is 54.3 Å². The fourth-order valence-electron chi connectivity index (χ4n) is 4.63. The molecule has 0 aliphatic carbocycles. The number of aryl methyl sites for hydroxylation is 1. The third-order valence-electron chi connectivity index (χ3n) is 6.76. The molecule has 0 spiro atoms. The van der Waals surface area contributed by atoms with Crippen LogP contribution in [0.3, 0.4) is 0 Å². The Hall–Kier alpha value is -3.56. The van der Waals surface area contributed by atoms with Crippen molar-refractivity contribution in [2.45, 2.75) is 45.4 Å². The van der Waals surface area contributed by atoms with Crippen molar-refractivity contribution in [3.05, 3.63) is 76.0 Å². The van der Waals surface area contributed by atoms with Gasteiger partial charge in [0.2, 0.25) is 12.7 Å². The number of fused-ring (bicyclic) bond motifs is 1. The van der Waals surface area contributed by atoms with Gasteiger partial charge in [0.05, 0.1) is 12.6 Å². The molecule has 0 bridgehead atoms. The number of hydrogen-bond donors (Lipinski definition) is 1. The molecule has 3 heterocycles. The summed E-state index contributed by atoms with van der Waals surface area (Å²) in [5.74, 6) is 1.25. The SMILES string of the molecule is CCc1ccc(NC(=O)N(CC(=O)N(Cc2ccc3c(c2)OCO3)Cc2cccs2)CC2CCCO2)cc1. The van der Waals surface area contributed by atoms with E-state index in [1.54, 1.807) is 21.1 Å². The maximum atomic E-state index is 13.7. The summed E-state index contributed by atoms with van der Waals surface area (Å²) in [6.45, 7) is 4.14. The number of carbonyl (C=O) groups is 2. The van der Waals surface area contributed by atoms with E-state index < -0.39 is 0 Å². The molecule has 3 aromatic rings. The molecule has 2 aliphatic rings. The number of ether oxygens (including phenoxy) is 3. The Bertz CT molecular complexity index is 1230. The molecular weight excluding hydrogens is 502 g/mol. The van der Waals surface area contributed by atoms with E-state index >= 15 is 0 Å². The second-order valence-corrected chi connectivity index (χ2v) is 10.5. The number of urea groups is 1. The van der Waals surface area contributed by atoms with Crippen molar-refractivity contribution < 1.29 is 23.8 Å². The fraction of sp³-hybridized carbons (Fsp3) is 0.379. The number of amides is 3. The molecule has 5 rings (SSSR count). The lowest BCUT2D eigenvalue weighted by molar-refractivity contribution is -0.133. The van der Waals surface area contributed by atoms with E-state index in [0.29, 0.717) is 43.4 Å². The number of anilines is 1. The molecule has 2 aliphatic heterocycles. The molecule has 1 saturated heterocycles. The van der Waals surface area contributed by atoms with E-state index in [2.05, 4.69) is 12.2 Å². The Morgan fingerprint density at radius 2 is 1.82 bits per heavy atom. The van der Waals surface area contributed by atoms with Crippen molar-refractivity contribution in [2.24, 2.45) is 0 Å². The summed E-state index contributed by atoms with van der Waals surface area (Å²) in [6, 6.07) is 17.2. The van der Waals surface area contributed by atoms with E-state index in [4.69, 9.17) is 14.2 Å². The summed E-state index contributed by atoms with van der Waals surface area (Å²) in [7, 11) is 0. The molecule has 1 aromatic heterocycles. The molecule has 2 aromatic carbocycles. The van der Waals surface area contributed by atoms with E-state index in [1.807, 2.05) is 60.0 Å². The highest BCUT2D eigenvalue weighted by molar-refractivity contribution is 7.09. The highest BCUT2D eigenvalue weighted by atomic mass is 32.1. The minimum Gasteiger partial charge on any atom is -0.454 e. The van der Waals surface area contributed by atoms with Crippen LogP contribution in [0.1, 0.15) is 35.8 Å². The Morgan fingerprint density at radius 3 is 2.55 bits per heavy atom. The van der Waals surface area contributed by atoms with Crippen molar-refractivity contribution in [3.63, 3.8) is 0 Å². The first kappa shape index (κ1) is 26.1. The van der Waals surface area contributed by atoms with Gasteiger partial charge < -0.3 is 29.3 Å². The van der Waals surface area contributed by atoms with Gasteiger partial charge in [-0.15, -0.1) is 11.3 Å². The first-order valence-electron chi connectivity index (χ1n) is 13.0. The largest absolute Gasteiger partial charge is 0.454 e. The monoisotopic (exact) mass is 535 g/mol. The van der Waals surface area contributed by atoms with E-state index in [0.717, 1.165) is 29.7 Å². The third-order valence-corrected chi connectivity index (χ3v) is 7.63. The zero-order chi connectivity index (χ0) is 26.3. The first-order chi connectivity index (χ1) is 18.6. The van der Waals surface area contributed by atoms with Crippen LogP contribution in [-0.2, 0) is 29.0 Å². The van der Waals surface area contributed by atoms with Crippen LogP contribution in [0, 0.1) is 0 Å². The summed E-state index contributed by atoms with van der Waals surface area (Å²) in [4.78, 5) is 31.6. The summed E-state index contributed by atoms with van der Waals surface area (Å²) >= 11 is 1.60. The van der Waals surface area contributed by atoms with Gasteiger partial charge in [0, 0.05) is 30.3 Å². The van der Waals surface area contributed by atoms with Gasteiger partial charge >= 0.3 is 6.03 Å². The number of rotatable bonds is 10. The van der Waals surface area contributed by atoms with Gasteiger partial charge in [-0.05, 0) is 66.1 Å². The van der Waals surface area contributed by atoms with Gasteiger partial charge in [-0.1, -0.05) is 31.2 Å². The van der Waals surface area contributed by atoms with Gasteiger partial charge in [0.1, 0.15) is 6.54 Å². The number of carbonyl (C=O) groups excluding carboxylic acids is 2. The Kier molecular flexibility index (Phi) is 8.45. The lowest BCUT2D eigenvalue weighted by atomic mass is 10.1. The van der Waals surface area contributed by atoms with Crippen molar-refractivity contribution in [1.82, 2.24) is 9.80 Å². The molecule has 1 unspecified atom stereocenters. The van der Waals surface area contributed by atoms with E-state index in [9.17, 15) is 9.59 Å². The fourth-order valence-corrected chi connectivity index (χ4v) is 5.35. The maximum absolute atomic E-state index is 13.7. The third kappa shape index (κ3) is 6.65. The van der Waals surface area contributed by atoms with Crippen LogP contribution in [0.25, 0.3) is 0 Å². The van der Waals surface area contributed by atoms with Crippen molar-refractivity contribution in [2.75, 3.05) is 31.8 Å². The first-order valence-corrected chi connectivity index (χ1v) is 13.9. The van der Waals surface area contributed by atoms with E-state index in [1.165, 1.54) is 5.56 Å². The zero-order valence-electron chi connectivity index (χ0n) is 21.6. The quantitative estimate of drug-likeness (QED) is 0.382. The highest BCUT2D eigenvalue weighted by Crippen LogP contribution is 2.33. The zero-order valence-corrected chi connectivity index (χ0v) is 22.4. The van der Waals surface area contributed by atoms with Crippen LogP contribution in [0.5, 0.6) is 11.5 Å². The average Bonchev–Trinajstić information content (AvgIpc) is 3.71. The van der Waals surface area contributed by atoms with Crippen molar-refractivity contribution >= 4 is 29.0 Å². The molecule has 1 N–H and O–H groups in total. The highest BCUT2D eigenvalue weighted by Gasteiger charge is 2.27. The Morgan fingerprint density at radius 1 is 1.00 bits per heavy atom. The predicted octanol–water partition coefficient (Wildman–Crippen LogP) is 5.28. The molecule has 3 amide bonds. The Labute approximate surface area is 227 Å². The standard InChI is InChI=1S/C29H33N3O5S/c1-2-21-7-10-23(11-8-21)30-29(34)32(17-24-5-3-13-35-24)19-28(33)31(18-25-6-4-14-38-25)16-22-9-12-26-27(15-22)37-20-36-26/h4,6-12,14-15,24H,2-3,5,13,16-20H2,1H3,(H,30,34). The summed E-state index contributed by atoms with van der Waals surface area (Å²) < 4.78 is 16.8. The van der Waals surface area contributed by atoms with Crippen LogP contribution < -0.4 is 14.8 Å². The van der Waals surface area contributed by atoms with Gasteiger partial charge in [0.15, 0.2) is 11.5 Å². The Balaban J connectivity index is 1.32. The van der Waals surface area contributed by atoms with E-state index in [-0.39, 0.29) is 31.4 Å². The molecule has 38 heavy (non-hydrogen) atoms. The number of hydrogen-bond acceptors (Lipinski definition) is 6. The summed E-state index contributed by atoms with van der Waals surface area (Å²) in [5.41, 5.74) is 2.83. The molecular formula is C29H33N3O5S. The topological polar surface area (TPSA) is 80.3 Å². The van der Waals surface area contributed by atoms with Gasteiger partial charge in [-0.3, -0.25) is 4.79 Å². The second kappa shape index (κ2) is 12.3. The molecule has 1 fully saturated rings. The van der Waals surface area contributed by atoms with Crippen molar-refractivity contribution in [1.29, 1.82) is 0 Å². The number of nitrogens with zero attached hydrogens (tertiary/aromatic N) is 2. The summed E-state index contributed by atoms with van der Waals surface area (Å²) in [6.07, 6.45) is 2.69. The van der Waals surface area contributed by atoms with Gasteiger partial charge in [0.25, 0.3) is 0 Å². The number of benzene rings is 2. The second-order valence-electron chi connectivity index (χ2n) is 9.51. The summed E-state index contributed by atoms with van der Waals surface area (Å²) in [5, 5.41) is 4.97. The normalized spacial score (nSPS) is 15.9. The van der Waals surface area contributed by atoms with Crippen LogP contribution in [0.4, 0.5) is 10.5 Å². The maximum Gasteiger partial charge on any atom is 0.322 e. The molecule has 200 valence electrons. The molecule has 8 nitrogen and oxygen atoms in total. The van der Waals surface area contributed by atoms with Gasteiger partial charge in [-0.2, -0.15) is 0 Å². The number of nitrogens with one attached hydrogen (secondary N) is 1. The molecule has 9 heteroatoms. The van der Waals surface area contributed by atoms with Crippen LogP contribution in [0.2, 0.25) is 0 Å². The molecule has 0 saturated carbocycles.